The molecule has 4 aliphatic carbocycles. The Morgan fingerprint density at radius 1 is 1.00 bits per heavy atom. The van der Waals surface area contributed by atoms with Gasteiger partial charge in [0.15, 0.2) is 0 Å². The molecular weight excluding hydrogens is 324 g/mol. The third kappa shape index (κ3) is 3.65. The number of nitrogens with one attached hydrogen (secondary N) is 2. The highest BCUT2D eigenvalue weighted by molar-refractivity contribution is 5.90. The van der Waals surface area contributed by atoms with Crippen LogP contribution < -0.4 is 10.6 Å². The molecule has 2 N–H and O–H groups in total. The van der Waals surface area contributed by atoms with Crippen molar-refractivity contribution < 1.29 is 9.59 Å². The first-order valence-electron chi connectivity index (χ1n) is 10.2. The van der Waals surface area contributed by atoms with Gasteiger partial charge in [0.25, 0.3) is 0 Å². The molecule has 1 aromatic rings. The normalized spacial score (nSPS) is 31.7. The molecule has 4 aliphatic rings. The molecular formula is C22H30N2O2. The van der Waals surface area contributed by atoms with Gasteiger partial charge in [0.05, 0.1) is 0 Å². The molecule has 0 radical (unpaired) electrons. The number of amides is 2. The Morgan fingerprint density at radius 3 is 2.15 bits per heavy atom. The molecule has 0 saturated heterocycles. The minimum atomic E-state index is -0.0844. The number of carbonyl (C=O) groups excluding carboxylic acids is 2. The number of hydrogen-bond acceptors (Lipinski definition) is 2. The number of anilines is 1. The van der Waals surface area contributed by atoms with E-state index in [-0.39, 0.29) is 17.2 Å². The largest absolute Gasteiger partial charge is 0.356 e. The van der Waals surface area contributed by atoms with Gasteiger partial charge in [0, 0.05) is 24.1 Å². The lowest BCUT2D eigenvalue weighted by Crippen LogP contribution is -2.53. The standard InChI is InChI=1S/C22H30N2O2/c1-15-4-6-19(7-5-15)24-20(25)3-2-8-23-21(26)22-12-16-9-17(13-22)11-18(10-16)14-22/h4-7,16-18H,2-3,8-14H2,1H3,(H,23,26)(H,24,25). The van der Waals surface area contributed by atoms with Crippen LogP contribution in [-0.4, -0.2) is 18.4 Å². The zero-order valence-electron chi connectivity index (χ0n) is 15.7. The molecule has 0 atom stereocenters. The first-order chi connectivity index (χ1) is 12.5. The quantitative estimate of drug-likeness (QED) is 0.757. The molecule has 4 heteroatoms. The third-order valence-electron chi connectivity index (χ3n) is 6.72. The lowest BCUT2D eigenvalue weighted by atomic mass is 9.49. The summed E-state index contributed by atoms with van der Waals surface area (Å²) >= 11 is 0. The van der Waals surface area contributed by atoms with Crippen molar-refractivity contribution in [1.82, 2.24) is 5.32 Å². The molecule has 0 spiro atoms. The van der Waals surface area contributed by atoms with Crippen LogP contribution in [0.15, 0.2) is 24.3 Å². The van der Waals surface area contributed by atoms with E-state index in [9.17, 15) is 9.59 Å². The molecule has 1 aromatic carbocycles. The van der Waals surface area contributed by atoms with Gasteiger partial charge in [0.2, 0.25) is 11.8 Å². The Labute approximate surface area is 156 Å². The van der Waals surface area contributed by atoms with Gasteiger partial charge in [-0.3, -0.25) is 9.59 Å². The second-order valence-corrected chi connectivity index (χ2v) is 8.97. The molecule has 0 aliphatic heterocycles. The Balaban J connectivity index is 1.21. The van der Waals surface area contributed by atoms with E-state index < -0.39 is 0 Å². The molecule has 140 valence electrons. The Kier molecular flexibility index (Phi) is 4.76. The van der Waals surface area contributed by atoms with E-state index in [1.165, 1.54) is 24.8 Å². The van der Waals surface area contributed by atoms with Crippen LogP contribution in [0, 0.1) is 30.1 Å². The van der Waals surface area contributed by atoms with Gasteiger partial charge < -0.3 is 10.6 Å². The molecule has 5 rings (SSSR count). The summed E-state index contributed by atoms with van der Waals surface area (Å²) in [4.78, 5) is 24.9. The summed E-state index contributed by atoms with van der Waals surface area (Å²) in [5.41, 5.74) is 1.92. The number of carbonyl (C=O) groups is 2. The lowest BCUT2D eigenvalue weighted by Gasteiger charge is -2.55. The zero-order valence-corrected chi connectivity index (χ0v) is 15.7. The van der Waals surface area contributed by atoms with Crippen molar-refractivity contribution in [2.45, 2.75) is 58.3 Å². The zero-order chi connectivity index (χ0) is 18.1. The molecule has 2 amide bonds. The number of benzene rings is 1. The van der Waals surface area contributed by atoms with Gasteiger partial charge in [-0.25, -0.2) is 0 Å². The van der Waals surface area contributed by atoms with E-state index in [0.29, 0.717) is 19.4 Å². The monoisotopic (exact) mass is 354 g/mol. The molecule has 4 saturated carbocycles. The second-order valence-electron chi connectivity index (χ2n) is 8.97. The predicted molar refractivity (Wildman–Crippen MR) is 103 cm³/mol. The summed E-state index contributed by atoms with van der Waals surface area (Å²) < 4.78 is 0. The minimum Gasteiger partial charge on any atom is -0.356 e. The fraction of sp³-hybridized carbons (Fsp3) is 0.636. The summed E-state index contributed by atoms with van der Waals surface area (Å²) in [6.07, 6.45) is 8.48. The van der Waals surface area contributed by atoms with Crippen molar-refractivity contribution in [1.29, 1.82) is 0 Å². The van der Waals surface area contributed by atoms with E-state index in [0.717, 1.165) is 42.7 Å². The predicted octanol–water partition coefficient (Wildman–Crippen LogP) is 4.05. The van der Waals surface area contributed by atoms with E-state index in [4.69, 9.17) is 0 Å². The highest BCUT2D eigenvalue weighted by Crippen LogP contribution is 2.60. The highest BCUT2D eigenvalue weighted by atomic mass is 16.2. The first-order valence-corrected chi connectivity index (χ1v) is 10.2. The Bertz CT molecular complexity index is 645. The van der Waals surface area contributed by atoms with Crippen LogP contribution in [0.3, 0.4) is 0 Å². The molecule has 4 fully saturated rings. The van der Waals surface area contributed by atoms with E-state index in [1.54, 1.807) is 0 Å². The van der Waals surface area contributed by atoms with Crippen molar-refractivity contribution in [2.24, 2.45) is 23.2 Å². The minimum absolute atomic E-state index is 0.0120. The molecule has 0 aromatic heterocycles. The third-order valence-corrected chi connectivity index (χ3v) is 6.72. The molecule has 26 heavy (non-hydrogen) atoms. The Hall–Kier alpha value is -1.84. The summed E-state index contributed by atoms with van der Waals surface area (Å²) in [5.74, 6) is 2.63. The number of aryl methyl sites for hydroxylation is 1. The smallest absolute Gasteiger partial charge is 0.226 e. The number of rotatable bonds is 6. The van der Waals surface area contributed by atoms with E-state index >= 15 is 0 Å². The lowest BCUT2D eigenvalue weighted by molar-refractivity contribution is -0.146. The molecule has 4 bridgehead atoms. The van der Waals surface area contributed by atoms with E-state index in [1.807, 2.05) is 31.2 Å². The van der Waals surface area contributed by atoms with Gasteiger partial charge in [-0.05, 0) is 81.8 Å². The SMILES string of the molecule is Cc1ccc(NC(=O)CCCNC(=O)C23CC4CC(CC(C4)C2)C3)cc1. The fourth-order valence-corrected chi connectivity index (χ4v) is 5.89. The maximum Gasteiger partial charge on any atom is 0.226 e. The van der Waals surface area contributed by atoms with Crippen molar-refractivity contribution in [3.8, 4) is 0 Å². The van der Waals surface area contributed by atoms with Crippen LogP contribution in [-0.2, 0) is 9.59 Å². The summed E-state index contributed by atoms with van der Waals surface area (Å²) in [7, 11) is 0. The van der Waals surface area contributed by atoms with Crippen molar-refractivity contribution in [2.75, 3.05) is 11.9 Å². The average Bonchev–Trinajstić information content (AvgIpc) is 2.59. The maximum atomic E-state index is 12.9. The Morgan fingerprint density at radius 2 is 1.58 bits per heavy atom. The summed E-state index contributed by atoms with van der Waals surface area (Å²) in [5, 5.41) is 6.06. The maximum absolute atomic E-state index is 12.9. The van der Waals surface area contributed by atoms with Crippen LogP contribution >= 0.6 is 0 Å². The van der Waals surface area contributed by atoms with Gasteiger partial charge in [-0.2, -0.15) is 0 Å². The second kappa shape index (κ2) is 7.05. The van der Waals surface area contributed by atoms with Gasteiger partial charge in [-0.1, -0.05) is 17.7 Å². The topological polar surface area (TPSA) is 58.2 Å². The van der Waals surface area contributed by atoms with E-state index in [2.05, 4.69) is 10.6 Å². The van der Waals surface area contributed by atoms with Crippen LogP contribution in [0.25, 0.3) is 0 Å². The molecule has 0 heterocycles. The van der Waals surface area contributed by atoms with Gasteiger partial charge in [0.1, 0.15) is 0 Å². The van der Waals surface area contributed by atoms with Gasteiger partial charge >= 0.3 is 0 Å². The summed E-state index contributed by atoms with van der Waals surface area (Å²) in [6.45, 7) is 2.62. The molecule has 0 unspecified atom stereocenters. The van der Waals surface area contributed by atoms with Gasteiger partial charge in [-0.15, -0.1) is 0 Å². The first kappa shape index (κ1) is 17.6. The van der Waals surface area contributed by atoms with Crippen LogP contribution in [0.5, 0.6) is 0 Å². The highest BCUT2D eigenvalue weighted by Gasteiger charge is 2.54. The number of hydrogen-bond donors (Lipinski definition) is 2. The van der Waals surface area contributed by atoms with Crippen LogP contribution in [0.2, 0.25) is 0 Å². The summed E-state index contributed by atoms with van der Waals surface area (Å²) in [6, 6.07) is 7.81. The fourth-order valence-electron chi connectivity index (χ4n) is 5.89. The van der Waals surface area contributed by atoms with Crippen LogP contribution in [0.4, 0.5) is 5.69 Å². The molecule has 4 nitrogen and oxygen atoms in total. The van der Waals surface area contributed by atoms with Crippen molar-refractivity contribution >= 4 is 17.5 Å². The van der Waals surface area contributed by atoms with Crippen LogP contribution in [0.1, 0.15) is 56.9 Å². The average molecular weight is 354 g/mol. The van der Waals surface area contributed by atoms with Crippen molar-refractivity contribution in [3.05, 3.63) is 29.8 Å². The van der Waals surface area contributed by atoms with Crippen molar-refractivity contribution in [3.63, 3.8) is 0 Å².